The second-order valence-electron chi connectivity index (χ2n) is 5.27. The highest BCUT2D eigenvalue weighted by Gasteiger charge is 2.13. The van der Waals surface area contributed by atoms with Crippen LogP contribution in [-0.2, 0) is 0 Å². The van der Waals surface area contributed by atoms with Gasteiger partial charge in [0.25, 0.3) is 0 Å². The van der Waals surface area contributed by atoms with E-state index >= 15 is 0 Å². The SMILES string of the molecule is COc1ccc(Nc2ncnc3scc(-c4ccccc4)c23)cc1.Cl. The predicted octanol–water partition coefficient (Wildman–Crippen LogP) is 5.53. The largest absolute Gasteiger partial charge is 0.497 e. The molecule has 4 nitrogen and oxygen atoms in total. The lowest BCUT2D eigenvalue weighted by Gasteiger charge is -2.09. The summed E-state index contributed by atoms with van der Waals surface area (Å²) in [4.78, 5) is 9.83. The molecule has 0 aliphatic carbocycles. The van der Waals surface area contributed by atoms with E-state index in [4.69, 9.17) is 4.74 Å². The summed E-state index contributed by atoms with van der Waals surface area (Å²) in [5.74, 6) is 1.64. The zero-order valence-corrected chi connectivity index (χ0v) is 15.1. The van der Waals surface area contributed by atoms with Gasteiger partial charge in [-0.25, -0.2) is 9.97 Å². The van der Waals surface area contributed by atoms with Gasteiger partial charge in [0.05, 0.1) is 12.5 Å². The summed E-state index contributed by atoms with van der Waals surface area (Å²) in [5.41, 5.74) is 3.27. The van der Waals surface area contributed by atoms with Crippen LogP contribution < -0.4 is 10.1 Å². The summed E-state index contributed by atoms with van der Waals surface area (Å²) in [5, 5.41) is 6.57. The summed E-state index contributed by atoms with van der Waals surface area (Å²) in [6.45, 7) is 0. The minimum atomic E-state index is 0. The Morgan fingerprint density at radius 2 is 1.72 bits per heavy atom. The van der Waals surface area contributed by atoms with Gasteiger partial charge in [-0.3, -0.25) is 0 Å². The number of hydrogen-bond donors (Lipinski definition) is 1. The fraction of sp³-hybridized carbons (Fsp3) is 0.0526. The molecular formula is C19H16ClN3OS. The average molecular weight is 370 g/mol. The van der Waals surface area contributed by atoms with Crippen LogP contribution in [0.15, 0.2) is 66.3 Å². The van der Waals surface area contributed by atoms with Crippen LogP contribution in [0.3, 0.4) is 0 Å². The van der Waals surface area contributed by atoms with Gasteiger partial charge in [-0.15, -0.1) is 23.7 Å². The number of aromatic nitrogens is 2. The Hall–Kier alpha value is -2.63. The number of halogens is 1. The Balaban J connectivity index is 0.00000182. The minimum Gasteiger partial charge on any atom is -0.497 e. The molecule has 0 atom stereocenters. The molecule has 4 rings (SSSR count). The topological polar surface area (TPSA) is 47.0 Å². The number of rotatable bonds is 4. The molecule has 2 heterocycles. The smallest absolute Gasteiger partial charge is 0.143 e. The Bertz CT molecular complexity index is 971. The van der Waals surface area contributed by atoms with Gasteiger partial charge in [0.1, 0.15) is 22.7 Å². The molecule has 1 N–H and O–H groups in total. The first-order chi connectivity index (χ1) is 11.8. The summed E-state index contributed by atoms with van der Waals surface area (Å²) < 4.78 is 5.20. The Kier molecular flexibility index (Phi) is 5.16. The molecule has 4 aromatic rings. The van der Waals surface area contributed by atoms with Gasteiger partial charge in [0.2, 0.25) is 0 Å². The summed E-state index contributed by atoms with van der Waals surface area (Å²) in [6, 6.07) is 18.1. The van der Waals surface area contributed by atoms with E-state index in [1.54, 1.807) is 24.8 Å². The van der Waals surface area contributed by atoms with Gasteiger partial charge in [-0.1, -0.05) is 30.3 Å². The van der Waals surface area contributed by atoms with Crippen molar-refractivity contribution in [1.29, 1.82) is 0 Å². The van der Waals surface area contributed by atoms with E-state index in [0.717, 1.165) is 38.6 Å². The molecule has 0 saturated carbocycles. The molecule has 2 aromatic carbocycles. The maximum atomic E-state index is 5.20. The van der Waals surface area contributed by atoms with Crippen molar-refractivity contribution in [2.45, 2.75) is 0 Å². The lowest BCUT2D eigenvalue weighted by Crippen LogP contribution is -1.95. The number of nitrogens with zero attached hydrogens (tertiary/aromatic N) is 2. The molecule has 0 amide bonds. The van der Waals surface area contributed by atoms with Gasteiger partial charge in [-0.2, -0.15) is 0 Å². The van der Waals surface area contributed by atoms with Gasteiger partial charge < -0.3 is 10.1 Å². The van der Waals surface area contributed by atoms with E-state index < -0.39 is 0 Å². The van der Waals surface area contributed by atoms with Crippen molar-refractivity contribution in [3.63, 3.8) is 0 Å². The first kappa shape index (κ1) is 17.2. The number of methoxy groups -OCH3 is 1. The number of thiophene rings is 1. The van der Waals surface area contributed by atoms with Crippen molar-refractivity contribution in [3.05, 3.63) is 66.3 Å². The number of hydrogen-bond acceptors (Lipinski definition) is 5. The fourth-order valence-electron chi connectivity index (χ4n) is 2.61. The molecule has 0 aliphatic heterocycles. The third-order valence-electron chi connectivity index (χ3n) is 3.81. The van der Waals surface area contributed by atoms with Crippen LogP contribution in [0, 0.1) is 0 Å². The number of benzene rings is 2. The van der Waals surface area contributed by atoms with E-state index in [2.05, 4.69) is 32.8 Å². The molecule has 126 valence electrons. The minimum absolute atomic E-state index is 0. The maximum absolute atomic E-state index is 5.20. The van der Waals surface area contributed by atoms with Crippen molar-refractivity contribution >= 4 is 45.5 Å². The summed E-state index contributed by atoms with van der Waals surface area (Å²) in [7, 11) is 1.66. The molecule has 0 aliphatic rings. The van der Waals surface area contributed by atoms with Crippen LogP contribution in [-0.4, -0.2) is 17.1 Å². The van der Waals surface area contributed by atoms with Crippen LogP contribution in [0.5, 0.6) is 5.75 Å². The zero-order valence-electron chi connectivity index (χ0n) is 13.5. The maximum Gasteiger partial charge on any atom is 0.143 e. The van der Waals surface area contributed by atoms with Gasteiger partial charge in [-0.05, 0) is 29.8 Å². The predicted molar refractivity (Wildman–Crippen MR) is 106 cm³/mol. The van der Waals surface area contributed by atoms with E-state index in [9.17, 15) is 0 Å². The van der Waals surface area contributed by atoms with Crippen LogP contribution >= 0.6 is 23.7 Å². The van der Waals surface area contributed by atoms with E-state index in [0.29, 0.717) is 0 Å². The molecule has 0 spiro atoms. The number of ether oxygens (including phenoxy) is 1. The molecule has 0 radical (unpaired) electrons. The third-order valence-corrected chi connectivity index (χ3v) is 4.69. The molecule has 0 unspecified atom stereocenters. The van der Waals surface area contributed by atoms with Crippen molar-refractivity contribution in [1.82, 2.24) is 9.97 Å². The molecule has 2 aromatic heterocycles. The van der Waals surface area contributed by atoms with Gasteiger partial charge in [0.15, 0.2) is 0 Å². The molecule has 0 bridgehead atoms. The summed E-state index contributed by atoms with van der Waals surface area (Å²) in [6.07, 6.45) is 1.60. The fourth-order valence-corrected chi connectivity index (χ4v) is 3.53. The monoisotopic (exact) mass is 369 g/mol. The lowest BCUT2D eigenvalue weighted by atomic mass is 10.1. The van der Waals surface area contributed by atoms with Crippen LogP contribution in [0.25, 0.3) is 21.3 Å². The van der Waals surface area contributed by atoms with Crippen molar-refractivity contribution in [3.8, 4) is 16.9 Å². The zero-order chi connectivity index (χ0) is 16.4. The summed E-state index contributed by atoms with van der Waals surface area (Å²) >= 11 is 1.63. The van der Waals surface area contributed by atoms with E-state index in [1.807, 2.05) is 42.5 Å². The average Bonchev–Trinajstić information content (AvgIpc) is 3.08. The van der Waals surface area contributed by atoms with Crippen molar-refractivity contribution < 1.29 is 4.74 Å². The molecule has 25 heavy (non-hydrogen) atoms. The van der Waals surface area contributed by atoms with Gasteiger partial charge in [0, 0.05) is 16.6 Å². The highest BCUT2D eigenvalue weighted by Crippen LogP contribution is 2.37. The highest BCUT2D eigenvalue weighted by molar-refractivity contribution is 7.17. The first-order valence-electron chi connectivity index (χ1n) is 7.54. The van der Waals surface area contributed by atoms with Crippen LogP contribution in [0.2, 0.25) is 0 Å². The quantitative estimate of drug-likeness (QED) is 0.513. The molecule has 0 fully saturated rings. The number of nitrogens with one attached hydrogen (secondary N) is 1. The van der Waals surface area contributed by atoms with Crippen LogP contribution in [0.4, 0.5) is 11.5 Å². The molecule has 0 saturated heterocycles. The Morgan fingerprint density at radius 1 is 0.960 bits per heavy atom. The third kappa shape index (κ3) is 3.43. The standard InChI is InChI=1S/C19H15N3OS.ClH/c1-23-15-9-7-14(8-10-15)22-18-17-16(13-5-3-2-4-6-13)11-24-19(17)21-12-20-18;/h2-12H,1H3,(H,20,21,22);1H. The van der Waals surface area contributed by atoms with Crippen molar-refractivity contribution in [2.75, 3.05) is 12.4 Å². The number of fused-ring (bicyclic) bond motifs is 1. The van der Waals surface area contributed by atoms with Crippen molar-refractivity contribution in [2.24, 2.45) is 0 Å². The normalized spacial score (nSPS) is 10.3. The Labute approximate surface area is 155 Å². The van der Waals surface area contributed by atoms with E-state index in [1.165, 1.54) is 0 Å². The first-order valence-corrected chi connectivity index (χ1v) is 8.42. The van der Waals surface area contributed by atoms with E-state index in [-0.39, 0.29) is 12.4 Å². The molecular weight excluding hydrogens is 354 g/mol. The second-order valence-corrected chi connectivity index (χ2v) is 6.13. The Morgan fingerprint density at radius 3 is 2.44 bits per heavy atom. The van der Waals surface area contributed by atoms with Crippen LogP contribution in [0.1, 0.15) is 0 Å². The lowest BCUT2D eigenvalue weighted by molar-refractivity contribution is 0.415. The molecule has 6 heteroatoms. The van der Waals surface area contributed by atoms with Gasteiger partial charge >= 0.3 is 0 Å². The second kappa shape index (κ2) is 7.51. The number of anilines is 2. The highest BCUT2D eigenvalue weighted by atomic mass is 35.5.